The van der Waals surface area contributed by atoms with Crippen LogP contribution in [-0.2, 0) is 14.2 Å². The average Bonchev–Trinajstić information content (AvgIpc) is 3.92. The summed E-state index contributed by atoms with van der Waals surface area (Å²) in [6.45, 7) is 8.18. The Balaban J connectivity index is 0.000000223. The lowest BCUT2D eigenvalue weighted by Gasteiger charge is -2.31. The molecule has 10 N–H and O–H groups in total. The number of azide groups is 2. The number of aromatic nitrogens is 5. The number of anilines is 3. The standard InChI is InChI=1S/C21H26N8O2.C8H15N3O.C8H17NO.C6H11N3O.C6H13NO/c1-2-31-18-9-4-3-8-17(18)27-21-23-13-16(19(22)30)20(28-21)26-14-6-5-7-15(12-14)29-24-10-11-25-29;1-2-12-8-6-4-3-5-7(8)10-11-9;1-2-10-8-6-4-3-5-7(8)9;7-9-8-5-3-1-2-4-6(5)10;7-5-3-1-2-4-6(5)8/h5-7,10-13,17-18H,2-4,8-9H2,1H3,(H2,22,30)(H2,23,26,27,28);7-8H,2-6H2,1H3;7-8H,2-6,9H2,1H3;5-6,10H,1-4H2;5-6,8H,1-4,7H2/t17-,18+;2*7-,8+;2*5-,6+/m11111/s1. The summed E-state index contributed by atoms with van der Waals surface area (Å²) in [6.07, 6.45) is 26.2. The molecule has 5 fully saturated rings. The highest BCUT2D eigenvalue weighted by Gasteiger charge is 2.28. The summed E-state index contributed by atoms with van der Waals surface area (Å²) in [5, 5.41) is 40.4. The number of nitrogens with one attached hydrogen (secondary N) is 2. The van der Waals surface area contributed by atoms with Crippen molar-refractivity contribution in [3.8, 4) is 5.69 Å². The Labute approximate surface area is 419 Å². The highest BCUT2D eigenvalue weighted by molar-refractivity contribution is 5.98. The van der Waals surface area contributed by atoms with Gasteiger partial charge in [-0.1, -0.05) is 80.5 Å². The number of hydrogen-bond donors (Lipinski definition) is 7. The molecule has 2 aromatic heterocycles. The molecular weight excluding hydrogens is 909 g/mol. The number of amides is 1. The Morgan fingerprint density at radius 3 is 1.85 bits per heavy atom. The van der Waals surface area contributed by atoms with E-state index in [-0.39, 0.29) is 48.0 Å². The molecule has 71 heavy (non-hydrogen) atoms. The lowest BCUT2D eigenvalue weighted by molar-refractivity contribution is 0.0228. The number of carbonyl (C=O) groups excluding carboxylic acids is 1. The van der Waals surface area contributed by atoms with Crippen LogP contribution in [0.5, 0.6) is 0 Å². The minimum absolute atomic E-state index is 0.0590. The maximum absolute atomic E-state index is 11.9. The zero-order valence-corrected chi connectivity index (χ0v) is 42.3. The fourth-order valence-corrected chi connectivity index (χ4v) is 9.43. The first kappa shape index (κ1) is 58.4. The predicted molar refractivity (Wildman–Crippen MR) is 275 cm³/mol. The van der Waals surface area contributed by atoms with Crippen molar-refractivity contribution in [3.63, 3.8) is 0 Å². The van der Waals surface area contributed by atoms with Crippen LogP contribution >= 0.6 is 0 Å². The van der Waals surface area contributed by atoms with Crippen molar-refractivity contribution in [2.24, 2.45) is 27.4 Å². The molecule has 5 saturated carbocycles. The molecule has 0 saturated heterocycles. The molecule has 0 bridgehead atoms. The summed E-state index contributed by atoms with van der Waals surface area (Å²) in [4.78, 5) is 27.8. The lowest BCUT2D eigenvalue weighted by Crippen LogP contribution is -2.39. The Bertz CT molecular complexity index is 2020. The third-order valence-electron chi connectivity index (χ3n) is 13.3. The van der Waals surface area contributed by atoms with E-state index >= 15 is 0 Å². The number of aliphatic hydroxyl groups is 2. The first-order valence-electron chi connectivity index (χ1n) is 26.0. The van der Waals surface area contributed by atoms with Gasteiger partial charge in [0.1, 0.15) is 11.4 Å². The van der Waals surface area contributed by atoms with Gasteiger partial charge in [-0.05, 0) is 114 Å². The van der Waals surface area contributed by atoms with Crippen LogP contribution in [0.3, 0.4) is 0 Å². The van der Waals surface area contributed by atoms with E-state index in [0.29, 0.717) is 42.8 Å². The largest absolute Gasteiger partial charge is 0.393 e. The first-order chi connectivity index (χ1) is 34.5. The van der Waals surface area contributed by atoms with Gasteiger partial charge < -0.3 is 52.3 Å². The van der Waals surface area contributed by atoms with Gasteiger partial charge in [0.2, 0.25) is 5.95 Å². The van der Waals surface area contributed by atoms with E-state index in [2.05, 4.69) is 50.9 Å². The smallest absolute Gasteiger partial charge is 0.254 e. The van der Waals surface area contributed by atoms with Crippen molar-refractivity contribution in [1.29, 1.82) is 0 Å². The maximum atomic E-state index is 11.9. The van der Waals surface area contributed by atoms with Crippen LogP contribution in [0, 0.1) is 0 Å². The van der Waals surface area contributed by atoms with E-state index in [1.165, 1.54) is 36.7 Å². The molecule has 0 radical (unpaired) electrons. The molecule has 1 aromatic carbocycles. The van der Waals surface area contributed by atoms with E-state index in [1.807, 2.05) is 45.0 Å². The number of primary amides is 1. The SMILES string of the molecule is CCO[C@H]1CCCC[C@H]1N.CCO[C@H]1CCCC[C@H]1N=[N+]=[N-].CCO[C@H]1CCCC[C@H]1Nc1ncc(C(N)=O)c(Nc2cccc(-n3nccn3)c2)n1.N[C@@H]1CCCC[C@@H]1O.[N-]=[N+]=N[C@@H]1CCCC[C@@H]1O. The Hall–Kier alpha value is -5.15. The van der Waals surface area contributed by atoms with E-state index in [4.69, 9.17) is 47.6 Å². The number of nitrogens with two attached hydrogens (primary N) is 3. The van der Waals surface area contributed by atoms with Crippen molar-refractivity contribution in [2.45, 2.75) is 210 Å². The van der Waals surface area contributed by atoms with Crippen LogP contribution in [0.2, 0.25) is 0 Å². The summed E-state index contributed by atoms with van der Waals surface area (Å²) >= 11 is 0. The highest BCUT2D eigenvalue weighted by atomic mass is 16.5. The van der Waals surface area contributed by atoms with Crippen molar-refractivity contribution in [2.75, 3.05) is 30.5 Å². The second-order valence-electron chi connectivity index (χ2n) is 18.5. The summed E-state index contributed by atoms with van der Waals surface area (Å²) in [6, 6.07) is 7.84. The number of nitrogens with zero attached hydrogens (tertiary/aromatic N) is 11. The minimum atomic E-state index is -0.608. The molecule has 10 atom stereocenters. The molecule has 5 aliphatic rings. The average molecular weight is 991 g/mol. The van der Waals surface area contributed by atoms with Crippen LogP contribution in [0.15, 0.2) is 53.1 Å². The number of hydrogen-bond acceptors (Lipinski definition) is 16. The molecule has 2 heterocycles. The van der Waals surface area contributed by atoms with E-state index in [9.17, 15) is 9.90 Å². The molecule has 22 heteroatoms. The van der Waals surface area contributed by atoms with Crippen molar-refractivity contribution in [1.82, 2.24) is 25.0 Å². The van der Waals surface area contributed by atoms with Gasteiger partial charge in [-0.25, -0.2) is 4.98 Å². The third-order valence-corrected chi connectivity index (χ3v) is 13.3. The van der Waals surface area contributed by atoms with Crippen LogP contribution < -0.4 is 27.8 Å². The van der Waals surface area contributed by atoms with Gasteiger partial charge in [0.15, 0.2) is 0 Å². The van der Waals surface area contributed by atoms with Crippen molar-refractivity contribution >= 4 is 23.4 Å². The van der Waals surface area contributed by atoms with Crippen LogP contribution in [0.1, 0.15) is 160 Å². The normalized spacial score (nSPS) is 27.0. The number of benzene rings is 1. The fraction of sp³-hybridized carbons (Fsp3) is 0.735. The van der Waals surface area contributed by atoms with Crippen molar-refractivity contribution < 1.29 is 29.2 Å². The van der Waals surface area contributed by atoms with E-state index in [1.54, 1.807) is 12.4 Å². The van der Waals surface area contributed by atoms with Gasteiger partial charge in [0.05, 0.1) is 66.7 Å². The summed E-state index contributed by atoms with van der Waals surface area (Å²) in [5.74, 6) is 0.150. The van der Waals surface area contributed by atoms with Crippen molar-refractivity contribution in [3.05, 3.63) is 69.3 Å². The first-order valence-corrected chi connectivity index (χ1v) is 26.0. The van der Waals surface area contributed by atoms with Gasteiger partial charge in [0, 0.05) is 53.6 Å². The van der Waals surface area contributed by atoms with Crippen LogP contribution in [0.4, 0.5) is 17.5 Å². The second kappa shape index (κ2) is 33.5. The van der Waals surface area contributed by atoms with Gasteiger partial charge in [-0.2, -0.15) is 20.0 Å². The lowest BCUT2D eigenvalue weighted by atomic mass is 9.92. The number of rotatable bonds is 14. The molecule has 1 amide bonds. The summed E-state index contributed by atoms with van der Waals surface area (Å²) < 4.78 is 16.8. The quantitative estimate of drug-likeness (QED) is 0.0453. The van der Waals surface area contributed by atoms with Gasteiger partial charge in [0.25, 0.3) is 5.91 Å². The minimum Gasteiger partial charge on any atom is -0.393 e. The number of aliphatic hydroxyl groups excluding tert-OH is 2. The zero-order chi connectivity index (χ0) is 51.2. The van der Waals surface area contributed by atoms with E-state index < -0.39 is 12.0 Å². The monoisotopic (exact) mass is 991 g/mol. The van der Waals surface area contributed by atoms with Crippen LogP contribution in [0.25, 0.3) is 26.6 Å². The van der Waals surface area contributed by atoms with Crippen LogP contribution in [-0.4, -0.2) is 122 Å². The van der Waals surface area contributed by atoms with Gasteiger partial charge in [-0.15, -0.1) is 0 Å². The second-order valence-corrected chi connectivity index (χ2v) is 18.5. The molecule has 0 unspecified atom stereocenters. The van der Waals surface area contributed by atoms with Gasteiger partial charge >= 0.3 is 0 Å². The Morgan fingerprint density at radius 2 is 1.25 bits per heavy atom. The zero-order valence-electron chi connectivity index (χ0n) is 42.3. The Kier molecular flexibility index (Phi) is 27.6. The fourth-order valence-electron chi connectivity index (χ4n) is 9.43. The Morgan fingerprint density at radius 1 is 0.718 bits per heavy atom. The molecule has 5 aliphatic carbocycles. The summed E-state index contributed by atoms with van der Waals surface area (Å²) in [5.41, 5.74) is 35.0. The number of ether oxygens (including phenoxy) is 3. The third kappa shape index (κ3) is 20.8. The summed E-state index contributed by atoms with van der Waals surface area (Å²) in [7, 11) is 0. The number of carbonyl (C=O) groups is 1. The molecule has 8 rings (SSSR count). The molecule has 3 aromatic rings. The molecule has 394 valence electrons. The molecule has 22 nitrogen and oxygen atoms in total. The van der Waals surface area contributed by atoms with E-state index in [0.717, 1.165) is 115 Å². The van der Waals surface area contributed by atoms with Gasteiger partial charge in [-0.3, -0.25) is 4.79 Å². The molecule has 0 spiro atoms. The molecular formula is C49H82N16O6. The predicted octanol–water partition coefficient (Wildman–Crippen LogP) is 8.45. The highest BCUT2D eigenvalue weighted by Crippen LogP contribution is 2.27. The maximum Gasteiger partial charge on any atom is 0.254 e. The molecule has 0 aliphatic heterocycles. The topological polar surface area (TPSA) is 341 Å².